The molecule has 2 N–H and O–H groups in total. The van der Waals surface area contributed by atoms with Crippen molar-refractivity contribution in [1.82, 2.24) is 5.32 Å². The Hall–Kier alpha value is -3.31. The van der Waals surface area contributed by atoms with Crippen LogP contribution in [0.5, 0.6) is 0 Å². The molecule has 2 aromatic carbocycles. The summed E-state index contributed by atoms with van der Waals surface area (Å²) in [7, 11) is 0. The maximum atomic E-state index is 12.2. The van der Waals surface area contributed by atoms with Crippen LogP contribution < -0.4 is 5.32 Å². The Bertz CT molecular complexity index is 976. The maximum absolute atomic E-state index is 12.2. The fourth-order valence-electron chi connectivity index (χ4n) is 2.31. The van der Waals surface area contributed by atoms with Crippen molar-refractivity contribution in [1.29, 1.82) is 0 Å². The van der Waals surface area contributed by atoms with Gasteiger partial charge in [0.1, 0.15) is 17.2 Å². The third-order valence-electron chi connectivity index (χ3n) is 3.57. The maximum Gasteiger partial charge on any atom is 0.352 e. The number of amides is 1. The van der Waals surface area contributed by atoms with Gasteiger partial charge in [0.15, 0.2) is 0 Å². The molecule has 1 amide bonds. The van der Waals surface area contributed by atoms with E-state index < -0.39 is 11.9 Å². The molecule has 0 aliphatic carbocycles. The highest BCUT2D eigenvalue weighted by molar-refractivity contribution is 6.33. The van der Waals surface area contributed by atoms with Gasteiger partial charge >= 0.3 is 5.97 Å². The number of carbonyl (C=O) groups is 2. The number of carbonyl (C=O) groups excluding carboxylic acids is 1. The molecule has 0 radical (unpaired) electrons. The number of aliphatic carboxylic acids is 1. The molecule has 0 bridgehead atoms. The van der Waals surface area contributed by atoms with E-state index in [9.17, 15) is 14.7 Å². The molecule has 0 aliphatic rings. The number of furan rings is 1. The van der Waals surface area contributed by atoms with E-state index in [0.717, 1.165) is 0 Å². The van der Waals surface area contributed by atoms with E-state index in [-0.39, 0.29) is 11.5 Å². The van der Waals surface area contributed by atoms with Gasteiger partial charge in [-0.2, -0.15) is 0 Å². The zero-order chi connectivity index (χ0) is 18.5. The van der Waals surface area contributed by atoms with Crippen LogP contribution in [0.2, 0.25) is 5.02 Å². The number of hydrogen-bond donors (Lipinski definition) is 2. The summed E-state index contributed by atoms with van der Waals surface area (Å²) in [6.07, 6.45) is 1.25. The second-order valence-electron chi connectivity index (χ2n) is 5.37. The molecule has 0 saturated carbocycles. The first kappa shape index (κ1) is 17.5. The second kappa shape index (κ2) is 7.72. The molecule has 0 aliphatic heterocycles. The van der Waals surface area contributed by atoms with Gasteiger partial charge in [0.2, 0.25) is 0 Å². The minimum atomic E-state index is -1.27. The number of benzene rings is 2. The minimum absolute atomic E-state index is 0.283. The van der Waals surface area contributed by atoms with Crippen LogP contribution in [-0.2, 0) is 4.79 Å². The minimum Gasteiger partial charge on any atom is -0.477 e. The fourth-order valence-corrected chi connectivity index (χ4v) is 2.54. The molecule has 0 spiro atoms. The summed E-state index contributed by atoms with van der Waals surface area (Å²) in [5.41, 5.74) is 0.758. The topological polar surface area (TPSA) is 79.5 Å². The van der Waals surface area contributed by atoms with Crippen molar-refractivity contribution in [3.8, 4) is 11.3 Å². The predicted octanol–water partition coefficient (Wildman–Crippen LogP) is 4.46. The molecule has 0 fully saturated rings. The number of halogens is 1. The third kappa shape index (κ3) is 4.02. The lowest BCUT2D eigenvalue weighted by molar-refractivity contribution is -0.132. The Morgan fingerprint density at radius 1 is 0.962 bits per heavy atom. The van der Waals surface area contributed by atoms with Crippen LogP contribution in [0.25, 0.3) is 17.4 Å². The molecular formula is C20H14ClNO4. The van der Waals surface area contributed by atoms with Crippen molar-refractivity contribution < 1.29 is 19.1 Å². The summed E-state index contributed by atoms with van der Waals surface area (Å²) in [5.74, 6) is -1.01. The van der Waals surface area contributed by atoms with Crippen LogP contribution >= 0.6 is 11.6 Å². The van der Waals surface area contributed by atoms with Gasteiger partial charge in [-0.3, -0.25) is 4.79 Å². The van der Waals surface area contributed by atoms with Crippen LogP contribution in [-0.4, -0.2) is 17.0 Å². The Balaban J connectivity index is 1.85. The molecule has 1 aromatic heterocycles. The van der Waals surface area contributed by atoms with E-state index in [2.05, 4.69) is 5.32 Å². The van der Waals surface area contributed by atoms with Crippen molar-refractivity contribution in [3.63, 3.8) is 0 Å². The first-order valence-electron chi connectivity index (χ1n) is 7.71. The number of hydrogen-bond acceptors (Lipinski definition) is 3. The monoisotopic (exact) mass is 367 g/mol. The van der Waals surface area contributed by atoms with E-state index in [0.29, 0.717) is 21.9 Å². The van der Waals surface area contributed by atoms with Crippen molar-refractivity contribution in [2.24, 2.45) is 0 Å². The van der Waals surface area contributed by atoms with Gasteiger partial charge < -0.3 is 14.8 Å². The average Bonchev–Trinajstić information content (AvgIpc) is 3.10. The van der Waals surface area contributed by atoms with Crippen LogP contribution in [0.15, 0.2) is 76.8 Å². The van der Waals surface area contributed by atoms with E-state index in [1.54, 1.807) is 60.7 Å². The van der Waals surface area contributed by atoms with Crippen molar-refractivity contribution >= 4 is 29.6 Å². The summed E-state index contributed by atoms with van der Waals surface area (Å²) in [5, 5.41) is 12.3. The Morgan fingerprint density at radius 2 is 1.65 bits per heavy atom. The highest BCUT2D eigenvalue weighted by atomic mass is 35.5. The Kier molecular flexibility index (Phi) is 5.20. The molecule has 3 rings (SSSR count). The van der Waals surface area contributed by atoms with Gasteiger partial charge in [-0.25, -0.2) is 4.79 Å². The van der Waals surface area contributed by atoms with Crippen LogP contribution in [0, 0.1) is 0 Å². The Labute approximate surface area is 154 Å². The molecule has 5 nitrogen and oxygen atoms in total. The van der Waals surface area contributed by atoms with Crippen LogP contribution in [0.4, 0.5) is 0 Å². The van der Waals surface area contributed by atoms with Crippen LogP contribution in [0.1, 0.15) is 16.1 Å². The van der Waals surface area contributed by atoms with E-state index in [1.807, 2.05) is 6.07 Å². The quantitative estimate of drug-likeness (QED) is 0.653. The molecule has 3 aromatic rings. The lowest BCUT2D eigenvalue weighted by Gasteiger charge is -2.05. The van der Waals surface area contributed by atoms with Crippen molar-refractivity contribution in [3.05, 3.63) is 88.8 Å². The fraction of sp³-hybridized carbons (Fsp3) is 0. The average molecular weight is 368 g/mol. The molecular weight excluding hydrogens is 354 g/mol. The number of carboxylic acid groups (broad SMARTS) is 1. The first-order valence-corrected chi connectivity index (χ1v) is 8.08. The highest BCUT2D eigenvalue weighted by Crippen LogP contribution is 2.29. The summed E-state index contributed by atoms with van der Waals surface area (Å²) in [4.78, 5) is 23.6. The lowest BCUT2D eigenvalue weighted by atomic mass is 10.2. The van der Waals surface area contributed by atoms with Gasteiger partial charge in [0, 0.05) is 17.2 Å². The second-order valence-corrected chi connectivity index (χ2v) is 5.77. The zero-order valence-corrected chi connectivity index (χ0v) is 14.2. The van der Waals surface area contributed by atoms with E-state index in [4.69, 9.17) is 16.0 Å². The molecule has 1 heterocycles. The largest absolute Gasteiger partial charge is 0.477 e. The molecule has 130 valence electrons. The van der Waals surface area contributed by atoms with Crippen molar-refractivity contribution in [2.75, 3.05) is 0 Å². The Morgan fingerprint density at radius 3 is 2.35 bits per heavy atom. The molecule has 6 heteroatoms. The normalized spacial score (nSPS) is 11.2. The van der Waals surface area contributed by atoms with E-state index >= 15 is 0 Å². The highest BCUT2D eigenvalue weighted by Gasteiger charge is 2.15. The number of nitrogens with one attached hydrogen (secondary N) is 1. The molecule has 0 unspecified atom stereocenters. The van der Waals surface area contributed by atoms with Crippen LogP contribution in [0.3, 0.4) is 0 Å². The molecule has 0 saturated heterocycles. The molecule has 0 atom stereocenters. The van der Waals surface area contributed by atoms with Gasteiger partial charge in [0.25, 0.3) is 5.91 Å². The number of carboxylic acids is 1. The smallest absolute Gasteiger partial charge is 0.352 e. The van der Waals surface area contributed by atoms with Crippen molar-refractivity contribution in [2.45, 2.75) is 0 Å². The van der Waals surface area contributed by atoms with Gasteiger partial charge in [-0.15, -0.1) is 0 Å². The lowest BCUT2D eigenvalue weighted by Crippen LogP contribution is -2.27. The summed E-state index contributed by atoms with van der Waals surface area (Å²) < 4.78 is 5.64. The standard InChI is InChI=1S/C20H14ClNO4/c21-16-9-5-4-8-15(16)18-11-10-14(26-18)12-17(20(24)25)22-19(23)13-6-2-1-3-7-13/h1-12H,(H,22,23)(H,24,25)/b17-12+. The number of rotatable bonds is 5. The van der Waals surface area contributed by atoms with E-state index in [1.165, 1.54) is 6.08 Å². The summed E-state index contributed by atoms with van der Waals surface area (Å²) >= 11 is 6.13. The summed E-state index contributed by atoms with van der Waals surface area (Å²) in [6, 6.07) is 18.8. The van der Waals surface area contributed by atoms with Gasteiger partial charge in [0.05, 0.1) is 5.02 Å². The predicted molar refractivity (Wildman–Crippen MR) is 98.7 cm³/mol. The third-order valence-corrected chi connectivity index (χ3v) is 3.90. The van der Waals surface area contributed by atoms with Gasteiger partial charge in [-0.05, 0) is 36.4 Å². The first-order chi connectivity index (χ1) is 12.5. The zero-order valence-electron chi connectivity index (χ0n) is 13.5. The SMILES string of the molecule is O=C(O)/C(=C\c1ccc(-c2ccccc2Cl)o1)NC(=O)c1ccccc1. The van der Waals surface area contributed by atoms with Gasteiger partial charge in [-0.1, -0.05) is 41.9 Å². The molecule has 26 heavy (non-hydrogen) atoms. The summed E-state index contributed by atoms with van der Waals surface area (Å²) in [6.45, 7) is 0.